The van der Waals surface area contributed by atoms with Crippen LogP contribution in [0.3, 0.4) is 0 Å². The third-order valence-electron chi connectivity index (χ3n) is 4.24. The number of aromatic nitrogens is 1. The summed E-state index contributed by atoms with van der Waals surface area (Å²) in [6.45, 7) is 5.11. The topological polar surface area (TPSA) is 42.2 Å². The Hall–Kier alpha value is -2.07. The molecule has 0 bridgehead atoms. The molecule has 124 valence electrons. The number of benzene rings is 2. The number of fused-ring (bicyclic) bond motifs is 1. The predicted molar refractivity (Wildman–Crippen MR) is 101 cm³/mol. The number of hydrogen-bond donors (Lipinski definition) is 1. The van der Waals surface area contributed by atoms with Gasteiger partial charge < -0.3 is 9.67 Å². The van der Waals surface area contributed by atoms with Crippen molar-refractivity contribution in [3.8, 4) is 0 Å². The van der Waals surface area contributed by atoms with Crippen molar-refractivity contribution in [2.45, 2.75) is 32.7 Å². The largest absolute Gasteiger partial charge is 0.481 e. The number of halogens is 1. The van der Waals surface area contributed by atoms with Crippen molar-refractivity contribution in [3.63, 3.8) is 0 Å². The van der Waals surface area contributed by atoms with Crippen LogP contribution in [-0.4, -0.2) is 15.6 Å². The molecule has 0 spiro atoms. The maximum atomic E-state index is 11.2. The highest BCUT2D eigenvalue weighted by Crippen LogP contribution is 2.27. The van der Waals surface area contributed by atoms with Crippen molar-refractivity contribution in [1.82, 2.24) is 4.57 Å². The van der Waals surface area contributed by atoms with E-state index >= 15 is 0 Å². The molecule has 0 aliphatic rings. The highest BCUT2D eigenvalue weighted by atomic mass is 79.9. The number of hydrogen-bond acceptors (Lipinski definition) is 1. The Morgan fingerprint density at radius 3 is 2.71 bits per heavy atom. The van der Waals surface area contributed by atoms with E-state index in [1.54, 1.807) is 0 Å². The predicted octanol–water partition coefficient (Wildman–Crippen LogP) is 5.20. The van der Waals surface area contributed by atoms with Gasteiger partial charge in [0, 0.05) is 28.1 Å². The molecule has 0 saturated heterocycles. The van der Waals surface area contributed by atoms with E-state index in [0.717, 1.165) is 27.5 Å². The lowest BCUT2D eigenvalue weighted by Crippen LogP contribution is -2.01. The monoisotopic (exact) mass is 385 g/mol. The molecule has 0 atom stereocenters. The molecule has 0 unspecified atom stereocenters. The second-order valence-electron chi connectivity index (χ2n) is 6.41. The van der Waals surface area contributed by atoms with Gasteiger partial charge in [0.15, 0.2) is 0 Å². The van der Waals surface area contributed by atoms with Crippen molar-refractivity contribution in [3.05, 3.63) is 69.8 Å². The fourth-order valence-corrected chi connectivity index (χ4v) is 3.39. The van der Waals surface area contributed by atoms with Crippen LogP contribution in [0, 0.1) is 0 Å². The van der Waals surface area contributed by atoms with Gasteiger partial charge in [-0.1, -0.05) is 54.0 Å². The number of carbonyl (C=O) groups is 1. The molecule has 0 fully saturated rings. The van der Waals surface area contributed by atoms with Gasteiger partial charge in [-0.3, -0.25) is 4.79 Å². The molecule has 24 heavy (non-hydrogen) atoms. The summed E-state index contributed by atoms with van der Waals surface area (Å²) in [6, 6.07) is 14.6. The van der Waals surface area contributed by atoms with Crippen LogP contribution in [0.5, 0.6) is 0 Å². The summed E-state index contributed by atoms with van der Waals surface area (Å²) in [5.41, 5.74) is 4.45. The molecule has 0 amide bonds. The maximum absolute atomic E-state index is 11.2. The van der Waals surface area contributed by atoms with Gasteiger partial charge in [0.2, 0.25) is 0 Å². The van der Waals surface area contributed by atoms with Crippen LogP contribution in [0.25, 0.3) is 10.9 Å². The molecule has 3 nitrogen and oxygen atoms in total. The van der Waals surface area contributed by atoms with Crippen LogP contribution in [0.1, 0.15) is 36.5 Å². The standard InChI is InChI=1S/C20H20BrNO2/c1-13(2)15-5-3-4-14(8-15)11-22-12-16(9-20(23)24)18-10-17(21)6-7-19(18)22/h3-8,10,12-13H,9,11H2,1-2H3,(H,23,24). The molecule has 2 aromatic carbocycles. The molecular weight excluding hydrogens is 366 g/mol. The minimum absolute atomic E-state index is 0.0337. The Kier molecular flexibility index (Phi) is 4.76. The first-order valence-electron chi connectivity index (χ1n) is 8.02. The van der Waals surface area contributed by atoms with E-state index in [1.165, 1.54) is 11.1 Å². The number of nitrogens with zero attached hydrogens (tertiary/aromatic N) is 1. The molecule has 0 aliphatic carbocycles. The van der Waals surface area contributed by atoms with Crippen LogP contribution >= 0.6 is 15.9 Å². The van der Waals surface area contributed by atoms with E-state index < -0.39 is 5.97 Å². The van der Waals surface area contributed by atoms with E-state index in [4.69, 9.17) is 0 Å². The highest BCUT2D eigenvalue weighted by Gasteiger charge is 2.12. The Morgan fingerprint density at radius 2 is 2.00 bits per heavy atom. The third-order valence-corrected chi connectivity index (χ3v) is 4.73. The van der Waals surface area contributed by atoms with Crippen molar-refractivity contribution in [2.75, 3.05) is 0 Å². The van der Waals surface area contributed by atoms with Gasteiger partial charge in [0.05, 0.1) is 6.42 Å². The van der Waals surface area contributed by atoms with Gasteiger partial charge in [-0.25, -0.2) is 0 Å². The van der Waals surface area contributed by atoms with Gasteiger partial charge in [-0.15, -0.1) is 0 Å². The molecule has 3 rings (SSSR count). The lowest BCUT2D eigenvalue weighted by molar-refractivity contribution is -0.136. The third kappa shape index (κ3) is 3.54. The van der Waals surface area contributed by atoms with Gasteiger partial charge in [0.1, 0.15) is 0 Å². The highest BCUT2D eigenvalue weighted by molar-refractivity contribution is 9.10. The molecule has 3 aromatic rings. The van der Waals surface area contributed by atoms with Crippen molar-refractivity contribution in [2.24, 2.45) is 0 Å². The molecule has 4 heteroatoms. The molecule has 0 radical (unpaired) electrons. The van der Waals surface area contributed by atoms with Crippen LogP contribution in [0.15, 0.2) is 53.1 Å². The van der Waals surface area contributed by atoms with Crippen LogP contribution < -0.4 is 0 Å². The summed E-state index contributed by atoms with van der Waals surface area (Å²) < 4.78 is 3.10. The molecule has 1 heterocycles. The average molecular weight is 386 g/mol. The molecule has 1 N–H and O–H groups in total. The van der Waals surface area contributed by atoms with Crippen molar-refractivity contribution < 1.29 is 9.90 Å². The summed E-state index contributed by atoms with van der Waals surface area (Å²) in [5, 5.41) is 10.2. The Bertz CT molecular complexity index is 896. The zero-order valence-electron chi connectivity index (χ0n) is 13.8. The van der Waals surface area contributed by atoms with E-state index in [1.807, 2.05) is 24.4 Å². The zero-order chi connectivity index (χ0) is 17.3. The van der Waals surface area contributed by atoms with Gasteiger partial charge in [-0.2, -0.15) is 0 Å². The SMILES string of the molecule is CC(C)c1cccc(Cn2cc(CC(=O)O)c3cc(Br)ccc32)c1. The first kappa shape index (κ1) is 16.8. The van der Waals surface area contributed by atoms with E-state index in [9.17, 15) is 9.90 Å². The number of aliphatic carboxylic acids is 1. The summed E-state index contributed by atoms with van der Waals surface area (Å²) >= 11 is 3.48. The minimum atomic E-state index is -0.809. The normalized spacial score (nSPS) is 11.3. The Labute approximate surface area is 150 Å². The quantitative estimate of drug-likeness (QED) is 0.655. The maximum Gasteiger partial charge on any atom is 0.307 e. The number of carboxylic acids is 1. The van der Waals surface area contributed by atoms with Crippen LogP contribution in [0.2, 0.25) is 0 Å². The zero-order valence-corrected chi connectivity index (χ0v) is 15.4. The second-order valence-corrected chi connectivity index (χ2v) is 7.33. The smallest absolute Gasteiger partial charge is 0.307 e. The first-order chi connectivity index (χ1) is 11.4. The lowest BCUT2D eigenvalue weighted by Gasteiger charge is -2.10. The average Bonchev–Trinajstić information content (AvgIpc) is 2.84. The van der Waals surface area contributed by atoms with Gasteiger partial charge in [-0.05, 0) is 40.8 Å². The van der Waals surface area contributed by atoms with E-state index in [2.05, 4.69) is 58.6 Å². The molecule has 0 saturated carbocycles. The minimum Gasteiger partial charge on any atom is -0.481 e. The fourth-order valence-electron chi connectivity index (χ4n) is 3.03. The van der Waals surface area contributed by atoms with Crippen LogP contribution in [-0.2, 0) is 17.8 Å². The fraction of sp³-hybridized carbons (Fsp3) is 0.250. The van der Waals surface area contributed by atoms with Crippen molar-refractivity contribution in [1.29, 1.82) is 0 Å². The molecular formula is C20H20BrNO2. The summed E-state index contributed by atoms with van der Waals surface area (Å²) in [6.07, 6.45) is 2.00. The van der Waals surface area contributed by atoms with Gasteiger partial charge in [0.25, 0.3) is 0 Å². The Morgan fingerprint density at radius 1 is 1.21 bits per heavy atom. The van der Waals surface area contributed by atoms with E-state index in [-0.39, 0.29) is 6.42 Å². The Balaban J connectivity index is 2.03. The number of carboxylic acid groups (broad SMARTS) is 1. The van der Waals surface area contributed by atoms with E-state index in [0.29, 0.717) is 5.92 Å². The summed E-state index contributed by atoms with van der Waals surface area (Å²) in [4.78, 5) is 11.2. The van der Waals surface area contributed by atoms with Crippen LogP contribution in [0.4, 0.5) is 0 Å². The number of rotatable bonds is 5. The van der Waals surface area contributed by atoms with Gasteiger partial charge >= 0.3 is 5.97 Å². The lowest BCUT2D eigenvalue weighted by atomic mass is 10.0. The molecule has 1 aromatic heterocycles. The first-order valence-corrected chi connectivity index (χ1v) is 8.81. The summed E-state index contributed by atoms with van der Waals surface area (Å²) in [7, 11) is 0. The van der Waals surface area contributed by atoms with Crippen molar-refractivity contribution >= 4 is 32.8 Å². The summed E-state index contributed by atoms with van der Waals surface area (Å²) in [5.74, 6) is -0.319. The second kappa shape index (κ2) is 6.81. The molecule has 0 aliphatic heterocycles.